The average Bonchev–Trinajstić information content (AvgIpc) is 3.15. The predicted molar refractivity (Wildman–Crippen MR) is 89.5 cm³/mol. The van der Waals surface area contributed by atoms with E-state index in [1.807, 2.05) is 42.5 Å². The van der Waals surface area contributed by atoms with Gasteiger partial charge in [-0.3, -0.25) is 9.59 Å². The first-order valence-corrected chi connectivity index (χ1v) is 7.58. The fraction of sp³-hybridized carbons (Fsp3) is 0.158. The van der Waals surface area contributed by atoms with E-state index in [1.54, 1.807) is 12.1 Å². The summed E-state index contributed by atoms with van der Waals surface area (Å²) in [6.45, 7) is 0. The summed E-state index contributed by atoms with van der Waals surface area (Å²) < 4.78 is 9.90. The molecule has 0 saturated carbocycles. The molecular formula is C19H17NO4. The van der Waals surface area contributed by atoms with Crippen LogP contribution >= 0.6 is 0 Å². The second-order valence-electron chi connectivity index (χ2n) is 5.35. The van der Waals surface area contributed by atoms with Gasteiger partial charge in [0, 0.05) is 0 Å². The number of carbonyl (C=O) groups is 2. The molecule has 0 aliphatic heterocycles. The lowest BCUT2D eigenvalue weighted by Gasteiger charge is -2.19. The maximum atomic E-state index is 12.3. The lowest BCUT2D eigenvalue weighted by Crippen LogP contribution is -2.30. The van der Waals surface area contributed by atoms with Gasteiger partial charge in [-0.2, -0.15) is 0 Å². The number of furan rings is 1. The summed E-state index contributed by atoms with van der Waals surface area (Å²) in [4.78, 5) is 24.1. The fourth-order valence-electron chi connectivity index (χ4n) is 2.68. The van der Waals surface area contributed by atoms with Gasteiger partial charge in [-0.1, -0.05) is 42.5 Å². The second kappa shape index (κ2) is 7.00. The zero-order valence-corrected chi connectivity index (χ0v) is 13.2. The third-order valence-corrected chi connectivity index (χ3v) is 3.85. The van der Waals surface area contributed by atoms with Crippen molar-refractivity contribution in [3.8, 4) is 0 Å². The Kier molecular flexibility index (Phi) is 4.61. The molecule has 1 heterocycles. The van der Waals surface area contributed by atoms with E-state index >= 15 is 0 Å². The third kappa shape index (κ3) is 3.30. The molecule has 3 aromatic rings. The molecule has 0 unspecified atom stereocenters. The van der Waals surface area contributed by atoms with Crippen LogP contribution in [0, 0.1) is 0 Å². The molecule has 1 amide bonds. The average molecular weight is 323 g/mol. The Morgan fingerprint density at radius 3 is 2.62 bits per heavy atom. The Bertz CT molecular complexity index is 849. The number of carbonyl (C=O) groups excluding carboxylic acids is 2. The lowest BCUT2D eigenvalue weighted by molar-refractivity contribution is -0.141. The Hall–Kier alpha value is -3.08. The van der Waals surface area contributed by atoms with Crippen LogP contribution < -0.4 is 5.32 Å². The molecule has 3 rings (SSSR count). The molecule has 0 aliphatic rings. The first-order chi connectivity index (χ1) is 11.7. The van der Waals surface area contributed by atoms with Gasteiger partial charge in [0.25, 0.3) is 5.91 Å². The molecule has 1 atom stereocenters. The van der Waals surface area contributed by atoms with Crippen molar-refractivity contribution >= 4 is 22.6 Å². The van der Waals surface area contributed by atoms with Crippen molar-refractivity contribution in [1.29, 1.82) is 0 Å². The van der Waals surface area contributed by atoms with Crippen LogP contribution in [0.4, 0.5) is 0 Å². The molecule has 0 aliphatic carbocycles. The van der Waals surface area contributed by atoms with Crippen LogP contribution in [0.5, 0.6) is 0 Å². The zero-order valence-electron chi connectivity index (χ0n) is 13.2. The first kappa shape index (κ1) is 15.8. The first-order valence-electron chi connectivity index (χ1n) is 7.58. The van der Waals surface area contributed by atoms with E-state index in [9.17, 15) is 9.59 Å². The van der Waals surface area contributed by atoms with E-state index in [0.29, 0.717) is 0 Å². The van der Waals surface area contributed by atoms with Crippen molar-refractivity contribution in [2.24, 2.45) is 0 Å². The maximum Gasteiger partial charge on any atom is 0.307 e. The normalized spacial score (nSPS) is 11.9. The number of hydrogen-bond acceptors (Lipinski definition) is 4. The number of fused-ring (bicyclic) bond motifs is 1. The maximum absolute atomic E-state index is 12.3. The Labute approximate surface area is 139 Å². The van der Waals surface area contributed by atoms with Crippen molar-refractivity contribution in [1.82, 2.24) is 5.32 Å². The highest BCUT2D eigenvalue weighted by Gasteiger charge is 2.22. The van der Waals surface area contributed by atoms with E-state index < -0.39 is 12.0 Å². The van der Waals surface area contributed by atoms with E-state index in [1.165, 1.54) is 13.4 Å². The zero-order chi connectivity index (χ0) is 16.9. The quantitative estimate of drug-likeness (QED) is 0.730. The number of ether oxygens (including phenoxy) is 1. The fourth-order valence-corrected chi connectivity index (χ4v) is 2.68. The molecule has 122 valence electrons. The number of methoxy groups -OCH3 is 1. The topological polar surface area (TPSA) is 68.5 Å². The van der Waals surface area contributed by atoms with Crippen molar-refractivity contribution < 1.29 is 18.7 Å². The molecule has 0 spiro atoms. The number of amides is 1. The number of rotatable bonds is 5. The SMILES string of the molecule is COC(=O)C[C@@H](NC(=O)c1ccco1)c1cccc2ccccc12. The standard InChI is InChI=1S/C19H17NO4/c1-23-18(21)12-16(20-19(22)17-10-5-11-24-17)15-9-4-7-13-6-2-3-8-14(13)15/h2-11,16H,12H2,1H3,(H,20,22)/t16-/m1/s1. The molecule has 0 saturated heterocycles. The van der Waals surface area contributed by atoms with Gasteiger partial charge in [0.2, 0.25) is 0 Å². The van der Waals surface area contributed by atoms with Gasteiger partial charge < -0.3 is 14.5 Å². The van der Waals surface area contributed by atoms with E-state index in [2.05, 4.69) is 5.32 Å². The summed E-state index contributed by atoms with van der Waals surface area (Å²) >= 11 is 0. The number of nitrogens with one attached hydrogen (secondary N) is 1. The monoisotopic (exact) mass is 323 g/mol. The Morgan fingerprint density at radius 1 is 1.08 bits per heavy atom. The highest BCUT2D eigenvalue weighted by Crippen LogP contribution is 2.27. The Balaban J connectivity index is 1.97. The minimum Gasteiger partial charge on any atom is -0.469 e. The van der Waals surface area contributed by atoms with Crippen molar-refractivity contribution in [2.75, 3.05) is 7.11 Å². The molecule has 0 radical (unpaired) electrons. The van der Waals surface area contributed by atoms with Gasteiger partial charge in [-0.05, 0) is 28.5 Å². The van der Waals surface area contributed by atoms with Gasteiger partial charge in [-0.15, -0.1) is 0 Å². The van der Waals surface area contributed by atoms with Gasteiger partial charge in [-0.25, -0.2) is 0 Å². The summed E-state index contributed by atoms with van der Waals surface area (Å²) in [6.07, 6.45) is 1.47. The largest absolute Gasteiger partial charge is 0.469 e. The molecule has 24 heavy (non-hydrogen) atoms. The summed E-state index contributed by atoms with van der Waals surface area (Å²) in [5.41, 5.74) is 0.860. The van der Waals surface area contributed by atoms with Crippen LogP contribution in [0.25, 0.3) is 10.8 Å². The highest BCUT2D eigenvalue weighted by molar-refractivity contribution is 5.93. The smallest absolute Gasteiger partial charge is 0.307 e. The van der Waals surface area contributed by atoms with Gasteiger partial charge in [0.1, 0.15) is 0 Å². The predicted octanol–water partition coefficient (Wildman–Crippen LogP) is 3.47. The molecule has 1 N–H and O–H groups in total. The summed E-state index contributed by atoms with van der Waals surface area (Å²) in [6, 6.07) is 16.3. The van der Waals surface area contributed by atoms with Gasteiger partial charge in [0.15, 0.2) is 5.76 Å². The molecule has 5 heteroatoms. The molecular weight excluding hydrogens is 306 g/mol. The number of hydrogen-bond donors (Lipinski definition) is 1. The van der Waals surface area contributed by atoms with Gasteiger partial charge >= 0.3 is 5.97 Å². The molecule has 0 bridgehead atoms. The van der Waals surface area contributed by atoms with Crippen LogP contribution in [0.3, 0.4) is 0 Å². The van der Waals surface area contributed by atoms with Crippen LogP contribution in [0.15, 0.2) is 65.3 Å². The number of esters is 1. The van der Waals surface area contributed by atoms with E-state index in [-0.39, 0.29) is 18.1 Å². The second-order valence-corrected chi connectivity index (χ2v) is 5.35. The highest BCUT2D eigenvalue weighted by atomic mass is 16.5. The van der Waals surface area contributed by atoms with Crippen LogP contribution in [-0.2, 0) is 9.53 Å². The van der Waals surface area contributed by atoms with Gasteiger partial charge in [0.05, 0.1) is 25.8 Å². The molecule has 1 aromatic heterocycles. The molecule has 0 fully saturated rings. The van der Waals surface area contributed by atoms with Crippen LogP contribution in [0.1, 0.15) is 28.6 Å². The van der Waals surface area contributed by atoms with E-state index in [4.69, 9.17) is 9.15 Å². The summed E-state index contributed by atoms with van der Waals surface area (Å²) in [5, 5.41) is 4.88. The lowest BCUT2D eigenvalue weighted by atomic mass is 9.96. The van der Waals surface area contributed by atoms with Crippen molar-refractivity contribution in [3.05, 3.63) is 72.2 Å². The van der Waals surface area contributed by atoms with Crippen LogP contribution in [-0.4, -0.2) is 19.0 Å². The van der Waals surface area contributed by atoms with Crippen molar-refractivity contribution in [2.45, 2.75) is 12.5 Å². The van der Waals surface area contributed by atoms with Crippen molar-refractivity contribution in [3.63, 3.8) is 0 Å². The molecule has 5 nitrogen and oxygen atoms in total. The van der Waals surface area contributed by atoms with Crippen LogP contribution in [0.2, 0.25) is 0 Å². The molecule has 2 aromatic carbocycles. The number of benzene rings is 2. The summed E-state index contributed by atoms with van der Waals surface area (Å²) in [7, 11) is 1.33. The Morgan fingerprint density at radius 2 is 1.88 bits per heavy atom. The van der Waals surface area contributed by atoms with E-state index in [0.717, 1.165) is 16.3 Å². The minimum absolute atomic E-state index is 0.0386. The third-order valence-electron chi connectivity index (χ3n) is 3.85. The minimum atomic E-state index is -0.513. The summed E-state index contributed by atoms with van der Waals surface area (Å²) in [5.74, 6) is -0.570.